The Hall–Kier alpha value is -1.89. The van der Waals surface area contributed by atoms with E-state index in [1.165, 1.54) is 0 Å². The molecular formula is C13H9Cl3N4O2. The van der Waals surface area contributed by atoms with Crippen LogP contribution in [0.15, 0.2) is 29.6 Å². The molecule has 2 aromatic heterocycles. The van der Waals surface area contributed by atoms with Gasteiger partial charge in [0.05, 0.1) is 11.4 Å². The number of hydrogen-bond donors (Lipinski definition) is 2. The van der Waals surface area contributed by atoms with Crippen molar-refractivity contribution in [3.05, 3.63) is 51.0 Å². The quantitative estimate of drug-likeness (QED) is 0.490. The maximum Gasteiger partial charge on any atom is 0.356 e. The lowest BCUT2D eigenvalue weighted by molar-refractivity contribution is 0.0691. The summed E-state index contributed by atoms with van der Waals surface area (Å²) in [5.74, 6) is -1.32. The predicted octanol–water partition coefficient (Wildman–Crippen LogP) is 3.97. The monoisotopic (exact) mass is 358 g/mol. The van der Waals surface area contributed by atoms with Gasteiger partial charge in [0.1, 0.15) is 10.0 Å². The first-order valence-electron chi connectivity index (χ1n) is 5.90. The van der Waals surface area contributed by atoms with E-state index in [-0.39, 0.29) is 20.9 Å². The summed E-state index contributed by atoms with van der Waals surface area (Å²) >= 11 is 17.8. The van der Waals surface area contributed by atoms with Crippen LogP contribution in [0, 0.1) is 0 Å². The Morgan fingerprint density at radius 1 is 1.23 bits per heavy atom. The molecule has 0 atom stereocenters. The van der Waals surface area contributed by atoms with E-state index >= 15 is 0 Å². The van der Waals surface area contributed by atoms with E-state index in [1.54, 1.807) is 31.5 Å². The number of aromatic carboxylic acids is 1. The van der Waals surface area contributed by atoms with Gasteiger partial charge in [-0.05, 0) is 19.1 Å². The number of halogens is 3. The van der Waals surface area contributed by atoms with Crippen LogP contribution in [-0.4, -0.2) is 26.8 Å². The fourth-order valence-electron chi connectivity index (χ4n) is 1.55. The zero-order valence-electron chi connectivity index (χ0n) is 11.1. The van der Waals surface area contributed by atoms with Gasteiger partial charge in [0.15, 0.2) is 10.8 Å². The van der Waals surface area contributed by atoms with Gasteiger partial charge in [0.25, 0.3) is 0 Å². The molecule has 2 N–H and O–H groups in total. The van der Waals surface area contributed by atoms with Crippen molar-refractivity contribution in [2.45, 2.75) is 6.92 Å². The van der Waals surface area contributed by atoms with Crippen molar-refractivity contribution in [1.82, 2.24) is 9.97 Å². The second kappa shape index (κ2) is 6.91. The molecule has 114 valence electrons. The molecule has 0 aliphatic heterocycles. The maximum absolute atomic E-state index is 11.1. The molecule has 0 fully saturated rings. The largest absolute Gasteiger partial charge is 0.476 e. The number of nitrogens with zero attached hydrogens (tertiary/aromatic N) is 3. The number of hydrazone groups is 1. The molecule has 6 nitrogen and oxygen atoms in total. The van der Waals surface area contributed by atoms with E-state index in [2.05, 4.69) is 20.5 Å². The van der Waals surface area contributed by atoms with Crippen molar-refractivity contribution in [1.29, 1.82) is 0 Å². The molecule has 0 saturated heterocycles. The highest BCUT2D eigenvalue weighted by Crippen LogP contribution is 2.36. The summed E-state index contributed by atoms with van der Waals surface area (Å²) < 4.78 is 0. The maximum atomic E-state index is 11.1. The molecule has 9 heteroatoms. The van der Waals surface area contributed by atoms with Gasteiger partial charge in [-0.2, -0.15) is 5.10 Å². The van der Waals surface area contributed by atoms with Crippen LogP contribution in [0.4, 0.5) is 5.69 Å². The summed E-state index contributed by atoms with van der Waals surface area (Å²) in [4.78, 5) is 18.6. The van der Waals surface area contributed by atoms with Crippen LogP contribution in [0.5, 0.6) is 0 Å². The van der Waals surface area contributed by atoms with E-state index in [4.69, 9.17) is 39.9 Å². The fraction of sp³-hybridized carbons (Fsp3) is 0.0769. The molecule has 2 heterocycles. The fourth-order valence-corrected chi connectivity index (χ4v) is 2.22. The normalized spacial score (nSPS) is 11.4. The number of rotatable bonds is 4. The first kappa shape index (κ1) is 16.5. The average Bonchev–Trinajstić information content (AvgIpc) is 2.51. The van der Waals surface area contributed by atoms with Crippen molar-refractivity contribution in [2.24, 2.45) is 5.10 Å². The first-order chi connectivity index (χ1) is 10.4. The Labute approximate surface area is 140 Å². The molecule has 0 aliphatic carbocycles. The van der Waals surface area contributed by atoms with Crippen LogP contribution in [0.3, 0.4) is 0 Å². The standard InChI is InChI=1S/C13H9Cl3N4O2/c1-6(7-2-4-17-5-3-7)19-20-10-8(14)11(13(21)22)18-12(16)9(10)15/h2-5H,1H3,(H,18,20)(H,21,22)/b19-6-. The van der Waals surface area contributed by atoms with Gasteiger partial charge in [-0.1, -0.05) is 34.8 Å². The van der Waals surface area contributed by atoms with Crippen LogP contribution >= 0.6 is 34.8 Å². The molecule has 0 bridgehead atoms. The van der Waals surface area contributed by atoms with Crippen molar-refractivity contribution in [3.8, 4) is 0 Å². The highest BCUT2D eigenvalue weighted by Gasteiger charge is 2.20. The molecule has 0 radical (unpaired) electrons. The van der Waals surface area contributed by atoms with E-state index in [0.717, 1.165) is 5.56 Å². The minimum Gasteiger partial charge on any atom is -0.476 e. The lowest BCUT2D eigenvalue weighted by Crippen LogP contribution is -2.06. The van der Waals surface area contributed by atoms with E-state index in [9.17, 15) is 4.79 Å². The first-order valence-corrected chi connectivity index (χ1v) is 7.03. The lowest BCUT2D eigenvalue weighted by Gasteiger charge is -2.10. The van der Waals surface area contributed by atoms with Gasteiger partial charge < -0.3 is 5.11 Å². The second-order valence-corrected chi connectivity index (χ2v) is 5.22. The highest BCUT2D eigenvalue weighted by atomic mass is 35.5. The Kier molecular flexibility index (Phi) is 5.18. The summed E-state index contributed by atoms with van der Waals surface area (Å²) in [6.07, 6.45) is 3.25. The topological polar surface area (TPSA) is 87.5 Å². The molecule has 0 aliphatic rings. The molecular weight excluding hydrogens is 351 g/mol. The van der Waals surface area contributed by atoms with Crippen LogP contribution in [-0.2, 0) is 0 Å². The molecule has 22 heavy (non-hydrogen) atoms. The van der Waals surface area contributed by atoms with Gasteiger partial charge in [-0.15, -0.1) is 0 Å². The summed E-state index contributed by atoms with van der Waals surface area (Å²) in [6.45, 7) is 1.76. The number of aromatic nitrogens is 2. The van der Waals surface area contributed by atoms with E-state index in [0.29, 0.717) is 5.71 Å². The molecule has 0 aromatic carbocycles. The summed E-state index contributed by atoms with van der Waals surface area (Å²) in [5, 5.41) is 12.8. The van der Waals surface area contributed by atoms with Gasteiger partial charge >= 0.3 is 5.97 Å². The average molecular weight is 360 g/mol. The number of carbonyl (C=O) groups is 1. The molecule has 0 saturated carbocycles. The Morgan fingerprint density at radius 3 is 2.45 bits per heavy atom. The number of hydrogen-bond acceptors (Lipinski definition) is 5. The minimum atomic E-state index is -1.32. The number of anilines is 1. The molecule has 0 spiro atoms. The molecule has 0 amide bonds. The summed E-state index contributed by atoms with van der Waals surface area (Å²) in [7, 11) is 0. The third-order valence-electron chi connectivity index (χ3n) is 2.67. The smallest absolute Gasteiger partial charge is 0.356 e. The summed E-state index contributed by atoms with van der Waals surface area (Å²) in [5.41, 5.74) is 3.75. The zero-order chi connectivity index (χ0) is 16.3. The third-order valence-corrected chi connectivity index (χ3v) is 3.78. The number of carboxylic acids is 1. The van der Waals surface area contributed by atoms with E-state index < -0.39 is 11.7 Å². The van der Waals surface area contributed by atoms with Crippen LogP contribution in [0.2, 0.25) is 15.2 Å². The van der Waals surface area contributed by atoms with Crippen molar-refractivity contribution in [2.75, 3.05) is 5.43 Å². The van der Waals surface area contributed by atoms with Gasteiger partial charge in [0.2, 0.25) is 0 Å². The van der Waals surface area contributed by atoms with Gasteiger partial charge in [-0.25, -0.2) is 9.78 Å². The van der Waals surface area contributed by atoms with Crippen molar-refractivity contribution >= 4 is 52.2 Å². The van der Waals surface area contributed by atoms with Crippen LogP contribution < -0.4 is 5.43 Å². The lowest BCUT2D eigenvalue weighted by atomic mass is 10.2. The van der Waals surface area contributed by atoms with Gasteiger partial charge in [-0.3, -0.25) is 10.4 Å². The number of pyridine rings is 2. The van der Waals surface area contributed by atoms with Gasteiger partial charge in [0, 0.05) is 18.0 Å². The third kappa shape index (κ3) is 3.47. The molecule has 0 unspecified atom stereocenters. The molecule has 2 rings (SSSR count). The molecule has 2 aromatic rings. The second-order valence-electron chi connectivity index (χ2n) is 4.10. The predicted molar refractivity (Wildman–Crippen MR) is 86.3 cm³/mol. The number of carboxylic acid groups (broad SMARTS) is 1. The minimum absolute atomic E-state index is 0.0112. The zero-order valence-corrected chi connectivity index (χ0v) is 13.4. The number of nitrogens with one attached hydrogen (secondary N) is 1. The van der Waals surface area contributed by atoms with Crippen LogP contribution in [0.1, 0.15) is 23.0 Å². The van der Waals surface area contributed by atoms with Crippen LogP contribution in [0.25, 0.3) is 0 Å². The van der Waals surface area contributed by atoms with Crippen molar-refractivity contribution in [3.63, 3.8) is 0 Å². The Bertz CT molecular complexity index is 751. The Morgan fingerprint density at radius 2 is 1.86 bits per heavy atom. The Balaban J connectivity index is 2.40. The van der Waals surface area contributed by atoms with Crippen molar-refractivity contribution < 1.29 is 9.90 Å². The highest BCUT2D eigenvalue weighted by molar-refractivity contribution is 6.46. The SMILES string of the molecule is C/C(=N/Nc1c(Cl)c(Cl)nc(C(=O)O)c1Cl)c1ccncc1. The summed E-state index contributed by atoms with van der Waals surface area (Å²) in [6, 6.07) is 3.54. The van der Waals surface area contributed by atoms with E-state index in [1.807, 2.05) is 0 Å².